The Labute approximate surface area is 182 Å². The molecule has 1 heterocycles. The Kier molecular flexibility index (Phi) is 10.2. The first kappa shape index (κ1) is 23.4. The smallest absolute Gasteiger partial charge is 0.242 e. The van der Waals surface area contributed by atoms with Gasteiger partial charge in [-0.1, -0.05) is 30.3 Å². The average Bonchev–Trinajstić information content (AvgIpc) is 3.12. The summed E-state index contributed by atoms with van der Waals surface area (Å²) in [7, 11) is 1.63. The van der Waals surface area contributed by atoms with E-state index in [1.165, 1.54) is 4.88 Å². The van der Waals surface area contributed by atoms with Crippen molar-refractivity contribution in [1.29, 1.82) is 0 Å². The summed E-state index contributed by atoms with van der Waals surface area (Å²) in [5.74, 6) is 0.0760. The van der Waals surface area contributed by atoms with Gasteiger partial charge in [-0.15, -0.1) is 22.9 Å². The fourth-order valence-corrected chi connectivity index (χ4v) is 4.06. The summed E-state index contributed by atoms with van der Waals surface area (Å²) >= 11 is 7.44. The van der Waals surface area contributed by atoms with Crippen molar-refractivity contribution in [2.24, 2.45) is 0 Å². The molecule has 7 heteroatoms. The summed E-state index contributed by atoms with van der Waals surface area (Å²) in [5, 5.41) is 0. The van der Waals surface area contributed by atoms with Gasteiger partial charge in [0.1, 0.15) is 0 Å². The Morgan fingerprint density at radius 1 is 1.03 bits per heavy atom. The molecule has 5 nitrogen and oxygen atoms in total. The summed E-state index contributed by atoms with van der Waals surface area (Å²) in [4.78, 5) is 31.4. The van der Waals surface area contributed by atoms with E-state index in [0.29, 0.717) is 32.7 Å². The van der Waals surface area contributed by atoms with Gasteiger partial charge < -0.3 is 14.5 Å². The number of carbonyl (C=O) groups excluding carboxylic acids is 2. The van der Waals surface area contributed by atoms with Crippen LogP contribution < -0.4 is 0 Å². The number of methoxy groups -OCH3 is 1. The molecule has 0 N–H and O–H groups in total. The first-order chi connectivity index (χ1) is 14.0. The van der Waals surface area contributed by atoms with E-state index in [0.717, 1.165) is 10.4 Å². The largest absolute Gasteiger partial charge is 0.385 e. The van der Waals surface area contributed by atoms with Crippen LogP contribution in [0.2, 0.25) is 0 Å². The predicted molar refractivity (Wildman–Crippen MR) is 118 cm³/mol. The van der Waals surface area contributed by atoms with Crippen LogP contribution in [0.1, 0.15) is 28.2 Å². The number of thiophene rings is 1. The zero-order valence-electron chi connectivity index (χ0n) is 17.1. The quantitative estimate of drug-likeness (QED) is 0.372. The number of benzene rings is 1. The van der Waals surface area contributed by atoms with E-state index in [9.17, 15) is 9.59 Å². The highest BCUT2D eigenvalue weighted by Crippen LogP contribution is 2.19. The lowest BCUT2D eigenvalue weighted by Crippen LogP contribution is -2.43. The van der Waals surface area contributed by atoms with Gasteiger partial charge in [-0.2, -0.15) is 0 Å². The van der Waals surface area contributed by atoms with Crippen molar-refractivity contribution in [3.8, 4) is 0 Å². The number of ether oxygens (including phenoxy) is 1. The zero-order chi connectivity index (χ0) is 21.1. The fourth-order valence-electron chi connectivity index (χ4n) is 2.99. The van der Waals surface area contributed by atoms with E-state index in [-0.39, 0.29) is 30.7 Å². The van der Waals surface area contributed by atoms with Gasteiger partial charge in [-0.05, 0) is 31.0 Å². The minimum Gasteiger partial charge on any atom is -0.385 e. The van der Waals surface area contributed by atoms with Crippen LogP contribution in [-0.2, 0) is 27.4 Å². The standard InChI is InChI=1S/C22H29ClN2O3S/c1-18-9-10-20(29-18)16-25(15-19-7-4-3-5-8-19)22(27)17-24(13-6-14-28-2)21(26)11-12-23/h3-5,7-10H,6,11-17H2,1-2H3. The summed E-state index contributed by atoms with van der Waals surface area (Å²) in [5.41, 5.74) is 1.06. The van der Waals surface area contributed by atoms with Crippen LogP contribution >= 0.6 is 22.9 Å². The summed E-state index contributed by atoms with van der Waals surface area (Å²) in [6.07, 6.45) is 0.908. The Morgan fingerprint density at radius 3 is 2.41 bits per heavy atom. The van der Waals surface area contributed by atoms with E-state index < -0.39 is 0 Å². The maximum absolute atomic E-state index is 13.2. The number of aryl methyl sites for hydroxylation is 1. The van der Waals surface area contributed by atoms with Crippen molar-refractivity contribution in [2.75, 3.05) is 32.7 Å². The molecule has 0 aliphatic rings. The first-order valence-electron chi connectivity index (χ1n) is 9.73. The van der Waals surface area contributed by atoms with Gasteiger partial charge >= 0.3 is 0 Å². The van der Waals surface area contributed by atoms with Crippen molar-refractivity contribution in [1.82, 2.24) is 9.80 Å². The Bertz CT molecular complexity index is 766. The molecule has 0 saturated carbocycles. The molecule has 0 atom stereocenters. The van der Waals surface area contributed by atoms with Crippen LogP contribution in [0.5, 0.6) is 0 Å². The van der Waals surface area contributed by atoms with Crippen molar-refractivity contribution >= 4 is 34.8 Å². The van der Waals surface area contributed by atoms with Crippen LogP contribution in [0.4, 0.5) is 0 Å². The third-order valence-electron chi connectivity index (χ3n) is 4.48. The minimum absolute atomic E-state index is 0.0522. The van der Waals surface area contributed by atoms with Crippen molar-refractivity contribution in [3.05, 3.63) is 57.8 Å². The average molecular weight is 437 g/mol. The lowest BCUT2D eigenvalue weighted by Gasteiger charge is -2.27. The Hall–Kier alpha value is -1.89. The number of carbonyl (C=O) groups is 2. The zero-order valence-corrected chi connectivity index (χ0v) is 18.7. The second-order valence-corrected chi connectivity index (χ2v) is 8.60. The molecular weight excluding hydrogens is 408 g/mol. The van der Waals surface area contributed by atoms with Crippen molar-refractivity contribution in [3.63, 3.8) is 0 Å². The molecule has 0 bridgehead atoms. The normalized spacial score (nSPS) is 10.7. The maximum atomic E-state index is 13.2. The van der Waals surface area contributed by atoms with Crippen LogP contribution in [-0.4, -0.2) is 54.3 Å². The molecule has 2 aromatic rings. The molecule has 1 aromatic heterocycles. The van der Waals surface area contributed by atoms with Gasteiger partial charge in [-0.3, -0.25) is 9.59 Å². The summed E-state index contributed by atoms with van der Waals surface area (Å²) in [6, 6.07) is 14.0. The molecule has 2 amide bonds. The number of nitrogens with zero attached hydrogens (tertiary/aromatic N) is 2. The predicted octanol–water partition coefficient (Wildman–Crippen LogP) is 4.08. The topological polar surface area (TPSA) is 49.9 Å². The van der Waals surface area contributed by atoms with Gasteiger partial charge in [0, 0.05) is 48.9 Å². The Balaban J connectivity index is 2.12. The molecule has 158 valence electrons. The molecular formula is C22H29ClN2O3S. The van der Waals surface area contributed by atoms with E-state index >= 15 is 0 Å². The van der Waals surface area contributed by atoms with Gasteiger partial charge in [0.15, 0.2) is 0 Å². The van der Waals surface area contributed by atoms with Gasteiger partial charge in [0.25, 0.3) is 0 Å². The summed E-state index contributed by atoms with van der Waals surface area (Å²) < 4.78 is 5.09. The van der Waals surface area contributed by atoms with E-state index in [1.54, 1.807) is 23.3 Å². The minimum atomic E-state index is -0.101. The number of alkyl halides is 1. The van der Waals surface area contributed by atoms with Crippen LogP contribution in [0.15, 0.2) is 42.5 Å². The molecule has 0 unspecified atom stereocenters. The number of rotatable bonds is 12. The lowest BCUT2D eigenvalue weighted by molar-refractivity contribution is -0.141. The van der Waals surface area contributed by atoms with E-state index in [4.69, 9.17) is 16.3 Å². The van der Waals surface area contributed by atoms with Crippen LogP contribution in [0.25, 0.3) is 0 Å². The molecule has 0 fully saturated rings. The van der Waals surface area contributed by atoms with Gasteiger partial charge in [0.05, 0.1) is 13.1 Å². The number of halogens is 1. The second kappa shape index (κ2) is 12.6. The third-order valence-corrected chi connectivity index (χ3v) is 5.65. The molecule has 0 radical (unpaired) electrons. The van der Waals surface area contributed by atoms with Gasteiger partial charge in [0.2, 0.25) is 11.8 Å². The third kappa shape index (κ3) is 8.17. The van der Waals surface area contributed by atoms with E-state index in [2.05, 4.69) is 19.1 Å². The molecule has 2 rings (SSSR count). The van der Waals surface area contributed by atoms with Crippen molar-refractivity contribution in [2.45, 2.75) is 32.9 Å². The molecule has 1 aromatic carbocycles. The van der Waals surface area contributed by atoms with E-state index in [1.807, 2.05) is 35.2 Å². The highest BCUT2D eigenvalue weighted by molar-refractivity contribution is 7.11. The van der Waals surface area contributed by atoms with Gasteiger partial charge in [-0.25, -0.2) is 0 Å². The molecule has 0 aliphatic heterocycles. The highest BCUT2D eigenvalue weighted by atomic mass is 35.5. The Morgan fingerprint density at radius 2 is 1.79 bits per heavy atom. The monoisotopic (exact) mass is 436 g/mol. The number of amides is 2. The molecule has 0 aliphatic carbocycles. The lowest BCUT2D eigenvalue weighted by atomic mass is 10.2. The maximum Gasteiger partial charge on any atom is 0.242 e. The molecule has 0 spiro atoms. The van der Waals surface area contributed by atoms with Crippen LogP contribution in [0.3, 0.4) is 0 Å². The summed E-state index contributed by atoms with van der Waals surface area (Å²) in [6.45, 7) is 4.16. The number of hydrogen-bond acceptors (Lipinski definition) is 4. The first-order valence-corrected chi connectivity index (χ1v) is 11.1. The molecule has 29 heavy (non-hydrogen) atoms. The number of hydrogen-bond donors (Lipinski definition) is 0. The fraction of sp³-hybridized carbons (Fsp3) is 0.455. The van der Waals surface area contributed by atoms with Crippen molar-refractivity contribution < 1.29 is 14.3 Å². The van der Waals surface area contributed by atoms with Crippen LogP contribution in [0, 0.1) is 6.92 Å². The molecule has 0 saturated heterocycles. The highest BCUT2D eigenvalue weighted by Gasteiger charge is 2.21. The second-order valence-electron chi connectivity index (χ2n) is 6.85. The SMILES string of the molecule is COCCCN(CC(=O)N(Cc1ccccc1)Cc1ccc(C)s1)C(=O)CCCl.